The molecular weight excluding hydrogens is 378 g/mol. The van der Waals surface area contributed by atoms with Crippen molar-refractivity contribution in [1.29, 1.82) is 0 Å². The van der Waals surface area contributed by atoms with Crippen LogP contribution in [0.5, 0.6) is 5.75 Å². The molecule has 2 aliphatic heterocycles. The van der Waals surface area contributed by atoms with Gasteiger partial charge in [0.05, 0.1) is 6.54 Å². The molecule has 1 aromatic carbocycles. The lowest BCUT2D eigenvalue weighted by Crippen LogP contribution is -2.49. The van der Waals surface area contributed by atoms with Crippen LogP contribution in [0.2, 0.25) is 0 Å². The third kappa shape index (κ3) is 3.80. The molecule has 4 rings (SSSR count). The molecule has 0 atom stereocenters. The largest absolute Gasteiger partial charge is 0.485 e. The van der Waals surface area contributed by atoms with E-state index in [2.05, 4.69) is 32.3 Å². The van der Waals surface area contributed by atoms with Crippen LogP contribution in [0.25, 0.3) is 0 Å². The van der Waals surface area contributed by atoms with Gasteiger partial charge < -0.3 is 25.0 Å². The van der Waals surface area contributed by atoms with E-state index in [0.717, 1.165) is 30.9 Å². The van der Waals surface area contributed by atoms with E-state index < -0.39 is 6.09 Å². The Hall–Kier alpha value is -2.68. The van der Waals surface area contributed by atoms with Gasteiger partial charge in [0.1, 0.15) is 12.9 Å². The molecule has 0 saturated carbocycles. The highest BCUT2D eigenvalue weighted by Crippen LogP contribution is 2.38. The normalized spacial score (nSPS) is 17.0. The molecule has 148 valence electrons. The fraction of sp³-hybridized carbons (Fsp3) is 0.421. The second kappa shape index (κ2) is 8.14. The van der Waals surface area contributed by atoms with Crippen LogP contribution < -0.4 is 15.0 Å². The van der Waals surface area contributed by atoms with Crippen LogP contribution in [-0.2, 0) is 0 Å². The molecule has 1 aromatic heterocycles. The number of hydrogen-bond acceptors (Lipinski definition) is 7. The summed E-state index contributed by atoms with van der Waals surface area (Å²) in [5, 5.41) is 12.5. The number of ether oxygens (including phenoxy) is 1. The Bertz CT molecular complexity index is 840. The third-order valence-electron chi connectivity index (χ3n) is 5.16. The van der Waals surface area contributed by atoms with Crippen LogP contribution in [0.4, 0.5) is 22.1 Å². The van der Waals surface area contributed by atoms with Crippen molar-refractivity contribution >= 4 is 35.2 Å². The molecular formula is C19H23N5O3S. The molecule has 0 unspecified atom stereocenters. The van der Waals surface area contributed by atoms with Crippen LogP contribution in [-0.4, -0.2) is 64.6 Å². The van der Waals surface area contributed by atoms with E-state index >= 15 is 0 Å². The summed E-state index contributed by atoms with van der Waals surface area (Å²) in [6, 6.07) is 8.40. The fourth-order valence-corrected chi connectivity index (χ4v) is 4.09. The van der Waals surface area contributed by atoms with E-state index in [-0.39, 0.29) is 6.04 Å². The molecule has 1 amide bonds. The summed E-state index contributed by atoms with van der Waals surface area (Å²) in [6.07, 6.45) is 4.32. The van der Waals surface area contributed by atoms with Crippen LogP contribution in [0, 0.1) is 0 Å². The first-order valence-electron chi connectivity index (χ1n) is 9.29. The lowest BCUT2D eigenvalue weighted by molar-refractivity contribution is 0.130. The first-order chi connectivity index (χ1) is 13.7. The zero-order valence-corrected chi connectivity index (χ0v) is 16.5. The molecule has 0 spiro atoms. The number of likely N-dealkylation sites (tertiary alicyclic amines) is 1. The van der Waals surface area contributed by atoms with Gasteiger partial charge in [-0.3, -0.25) is 0 Å². The number of nitrogens with zero attached hydrogens (tertiary/aromatic N) is 4. The Labute approximate surface area is 167 Å². The minimum Gasteiger partial charge on any atom is -0.485 e. The molecule has 2 aromatic rings. The number of benzene rings is 1. The van der Waals surface area contributed by atoms with E-state index in [1.54, 1.807) is 18.1 Å². The van der Waals surface area contributed by atoms with Gasteiger partial charge in [-0.25, -0.2) is 14.8 Å². The standard InChI is InChI=1S/C19H23N5O3S/c1-28-15-4-2-13(3-5-15)22-17-16-18(21-12-20-17)24(10-11-27-16)14-6-8-23(9-7-14)19(25)26/h2-5,12,14H,6-11H2,1H3,(H,25,26)(H,20,21,22). The van der Waals surface area contributed by atoms with Gasteiger partial charge >= 0.3 is 6.09 Å². The van der Waals surface area contributed by atoms with Crippen molar-refractivity contribution in [2.24, 2.45) is 0 Å². The average Bonchev–Trinajstić information content (AvgIpc) is 2.74. The van der Waals surface area contributed by atoms with Crippen LogP contribution in [0.15, 0.2) is 35.5 Å². The molecule has 3 heterocycles. The number of carbonyl (C=O) groups is 1. The average molecular weight is 401 g/mol. The first-order valence-corrected chi connectivity index (χ1v) is 10.5. The van der Waals surface area contributed by atoms with Gasteiger partial charge in [-0.15, -0.1) is 11.8 Å². The summed E-state index contributed by atoms with van der Waals surface area (Å²) in [5.41, 5.74) is 0.939. The number of carboxylic acid groups (broad SMARTS) is 1. The maximum absolute atomic E-state index is 11.2. The second-order valence-electron chi connectivity index (χ2n) is 6.77. The minimum absolute atomic E-state index is 0.252. The zero-order valence-electron chi connectivity index (χ0n) is 15.7. The van der Waals surface area contributed by atoms with Gasteiger partial charge in [0, 0.05) is 29.7 Å². The summed E-state index contributed by atoms with van der Waals surface area (Å²) >= 11 is 1.70. The monoisotopic (exact) mass is 401 g/mol. The minimum atomic E-state index is -0.845. The Balaban J connectivity index is 1.53. The van der Waals surface area contributed by atoms with E-state index in [1.165, 1.54) is 9.80 Å². The highest BCUT2D eigenvalue weighted by molar-refractivity contribution is 7.98. The Morgan fingerprint density at radius 3 is 2.64 bits per heavy atom. The topological polar surface area (TPSA) is 90.8 Å². The maximum atomic E-state index is 11.2. The number of nitrogens with one attached hydrogen (secondary N) is 1. The zero-order chi connectivity index (χ0) is 19.5. The van der Waals surface area contributed by atoms with E-state index in [1.807, 2.05) is 18.4 Å². The van der Waals surface area contributed by atoms with Crippen LogP contribution in [0.1, 0.15) is 12.8 Å². The molecule has 28 heavy (non-hydrogen) atoms. The highest BCUT2D eigenvalue weighted by atomic mass is 32.2. The summed E-state index contributed by atoms with van der Waals surface area (Å²) in [7, 11) is 0. The lowest BCUT2D eigenvalue weighted by atomic mass is 10.0. The number of aromatic nitrogens is 2. The number of thioether (sulfide) groups is 1. The Kier molecular flexibility index (Phi) is 5.43. The SMILES string of the molecule is CSc1ccc(Nc2ncnc3c2OCCN3C2CCN(C(=O)O)CC2)cc1. The molecule has 8 nitrogen and oxygen atoms in total. The molecule has 0 radical (unpaired) electrons. The molecule has 0 bridgehead atoms. The molecule has 2 aliphatic rings. The Morgan fingerprint density at radius 2 is 1.96 bits per heavy atom. The van der Waals surface area contributed by atoms with Crippen molar-refractivity contribution in [3.8, 4) is 5.75 Å². The van der Waals surface area contributed by atoms with E-state index in [0.29, 0.717) is 31.3 Å². The van der Waals surface area contributed by atoms with Crippen LogP contribution >= 0.6 is 11.8 Å². The Morgan fingerprint density at radius 1 is 1.21 bits per heavy atom. The predicted octanol–water partition coefficient (Wildman–Crippen LogP) is 3.28. The highest BCUT2D eigenvalue weighted by Gasteiger charge is 2.32. The lowest BCUT2D eigenvalue weighted by Gasteiger charge is -2.40. The molecule has 1 fully saturated rings. The molecule has 1 saturated heterocycles. The molecule has 0 aliphatic carbocycles. The number of hydrogen-bond donors (Lipinski definition) is 2. The van der Waals surface area contributed by atoms with Gasteiger partial charge in [0.2, 0.25) is 5.75 Å². The van der Waals surface area contributed by atoms with Crippen molar-refractivity contribution in [2.45, 2.75) is 23.8 Å². The van der Waals surface area contributed by atoms with Gasteiger partial charge in [-0.2, -0.15) is 0 Å². The third-order valence-corrected chi connectivity index (χ3v) is 5.91. The summed E-state index contributed by atoms with van der Waals surface area (Å²) in [5.74, 6) is 2.08. The van der Waals surface area contributed by atoms with Crippen molar-refractivity contribution in [2.75, 3.05) is 42.7 Å². The summed E-state index contributed by atoms with van der Waals surface area (Å²) in [6.45, 7) is 2.39. The number of fused-ring (bicyclic) bond motifs is 1. The summed E-state index contributed by atoms with van der Waals surface area (Å²) in [4.78, 5) is 24.9. The van der Waals surface area contributed by atoms with Crippen molar-refractivity contribution < 1.29 is 14.6 Å². The number of anilines is 3. The second-order valence-corrected chi connectivity index (χ2v) is 7.65. The van der Waals surface area contributed by atoms with Crippen molar-refractivity contribution in [3.63, 3.8) is 0 Å². The predicted molar refractivity (Wildman–Crippen MR) is 109 cm³/mol. The fourth-order valence-electron chi connectivity index (χ4n) is 3.68. The van der Waals surface area contributed by atoms with Gasteiger partial charge in [-0.05, 0) is 43.4 Å². The molecule has 2 N–H and O–H groups in total. The van der Waals surface area contributed by atoms with Crippen LogP contribution in [0.3, 0.4) is 0 Å². The first kappa shape index (κ1) is 18.7. The smallest absolute Gasteiger partial charge is 0.407 e. The molecule has 9 heteroatoms. The number of amides is 1. The summed E-state index contributed by atoms with van der Waals surface area (Å²) < 4.78 is 5.91. The van der Waals surface area contributed by atoms with Crippen molar-refractivity contribution in [1.82, 2.24) is 14.9 Å². The van der Waals surface area contributed by atoms with Gasteiger partial charge in [0.15, 0.2) is 11.6 Å². The van der Waals surface area contributed by atoms with E-state index in [9.17, 15) is 4.79 Å². The van der Waals surface area contributed by atoms with E-state index in [4.69, 9.17) is 9.84 Å². The van der Waals surface area contributed by atoms with Gasteiger partial charge in [0.25, 0.3) is 0 Å². The number of rotatable bonds is 4. The van der Waals surface area contributed by atoms with Gasteiger partial charge in [-0.1, -0.05) is 0 Å². The van der Waals surface area contributed by atoms with Crippen molar-refractivity contribution in [3.05, 3.63) is 30.6 Å². The quantitative estimate of drug-likeness (QED) is 0.755. The maximum Gasteiger partial charge on any atom is 0.407 e. The number of piperidine rings is 1.